The van der Waals surface area contributed by atoms with Gasteiger partial charge >= 0.3 is 5.97 Å². The van der Waals surface area contributed by atoms with Crippen LogP contribution in [0.25, 0.3) is 0 Å². The first-order valence-corrected chi connectivity index (χ1v) is 4.14. The molecule has 0 aromatic rings. The largest absolute Gasteiger partial charge is 0.436 e. The number of aliphatic hydroxyl groups is 1. The SMILES string of the molecule is CC(=O)OC(C)OCCOCCO. The summed E-state index contributed by atoms with van der Waals surface area (Å²) in [7, 11) is 0. The zero-order valence-corrected chi connectivity index (χ0v) is 7.99. The normalized spacial score (nSPS) is 12.5. The standard InChI is InChI=1S/C8H16O5/c1-7(10)13-8(2)12-6-5-11-4-3-9/h8-9H,3-6H2,1-2H3. The molecule has 0 aliphatic heterocycles. The Bertz CT molecular complexity index is 136. The van der Waals surface area contributed by atoms with Crippen LogP contribution in [0.1, 0.15) is 13.8 Å². The van der Waals surface area contributed by atoms with Crippen LogP contribution < -0.4 is 0 Å². The Balaban J connectivity index is 3.17. The number of carbonyl (C=O) groups excluding carboxylic acids is 1. The van der Waals surface area contributed by atoms with E-state index in [1.165, 1.54) is 6.92 Å². The Hall–Kier alpha value is -0.650. The van der Waals surface area contributed by atoms with Crippen LogP contribution in [0.5, 0.6) is 0 Å². The van der Waals surface area contributed by atoms with Crippen molar-refractivity contribution >= 4 is 5.97 Å². The van der Waals surface area contributed by atoms with Crippen LogP contribution in [0.4, 0.5) is 0 Å². The third-order valence-electron chi connectivity index (χ3n) is 1.15. The van der Waals surface area contributed by atoms with E-state index in [4.69, 9.17) is 19.3 Å². The van der Waals surface area contributed by atoms with Crippen LogP contribution in [-0.2, 0) is 19.0 Å². The molecule has 0 saturated carbocycles. The number of carbonyl (C=O) groups is 1. The lowest BCUT2D eigenvalue weighted by Crippen LogP contribution is -2.19. The van der Waals surface area contributed by atoms with Gasteiger partial charge in [0, 0.05) is 6.92 Å². The highest BCUT2D eigenvalue weighted by Gasteiger charge is 2.03. The van der Waals surface area contributed by atoms with E-state index >= 15 is 0 Å². The van der Waals surface area contributed by atoms with Gasteiger partial charge in [0.05, 0.1) is 26.4 Å². The molecule has 5 nitrogen and oxygen atoms in total. The van der Waals surface area contributed by atoms with Crippen LogP contribution in [0, 0.1) is 0 Å². The minimum atomic E-state index is -0.546. The smallest absolute Gasteiger partial charge is 0.304 e. The zero-order valence-electron chi connectivity index (χ0n) is 7.99. The Kier molecular flexibility index (Phi) is 7.57. The van der Waals surface area contributed by atoms with Gasteiger partial charge in [-0.3, -0.25) is 4.79 Å². The van der Waals surface area contributed by atoms with Gasteiger partial charge in [0.25, 0.3) is 0 Å². The number of ether oxygens (including phenoxy) is 3. The molecule has 0 aliphatic rings. The third-order valence-corrected chi connectivity index (χ3v) is 1.15. The van der Waals surface area contributed by atoms with Gasteiger partial charge in [-0.1, -0.05) is 0 Å². The first-order chi connectivity index (χ1) is 6.16. The van der Waals surface area contributed by atoms with Crippen molar-refractivity contribution in [2.45, 2.75) is 20.1 Å². The van der Waals surface area contributed by atoms with Crippen molar-refractivity contribution in [2.75, 3.05) is 26.4 Å². The van der Waals surface area contributed by atoms with E-state index < -0.39 is 6.29 Å². The van der Waals surface area contributed by atoms with Gasteiger partial charge in [-0.05, 0) is 6.92 Å². The molecule has 0 aliphatic carbocycles. The van der Waals surface area contributed by atoms with Crippen molar-refractivity contribution in [3.05, 3.63) is 0 Å². The molecule has 0 spiro atoms. The third kappa shape index (κ3) is 9.26. The lowest BCUT2D eigenvalue weighted by atomic mass is 10.7. The van der Waals surface area contributed by atoms with Crippen LogP contribution in [0.15, 0.2) is 0 Å². The Morgan fingerprint density at radius 2 is 2.08 bits per heavy atom. The molecule has 0 radical (unpaired) electrons. The summed E-state index contributed by atoms with van der Waals surface area (Å²) in [6.07, 6.45) is -0.546. The van der Waals surface area contributed by atoms with Crippen molar-refractivity contribution in [1.29, 1.82) is 0 Å². The number of hydrogen-bond acceptors (Lipinski definition) is 5. The van der Waals surface area contributed by atoms with Crippen LogP contribution in [0.3, 0.4) is 0 Å². The van der Waals surface area contributed by atoms with Crippen LogP contribution >= 0.6 is 0 Å². The van der Waals surface area contributed by atoms with Gasteiger partial charge in [-0.2, -0.15) is 0 Å². The molecule has 1 unspecified atom stereocenters. The van der Waals surface area contributed by atoms with E-state index in [-0.39, 0.29) is 12.6 Å². The van der Waals surface area contributed by atoms with Crippen molar-refractivity contribution in [3.8, 4) is 0 Å². The molecule has 13 heavy (non-hydrogen) atoms. The summed E-state index contributed by atoms with van der Waals surface area (Å²) in [5.74, 6) is -0.372. The first kappa shape index (κ1) is 12.3. The van der Waals surface area contributed by atoms with Crippen molar-refractivity contribution in [3.63, 3.8) is 0 Å². The summed E-state index contributed by atoms with van der Waals surface area (Å²) in [6, 6.07) is 0. The van der Waals surface area contributed by atoms with Gasteiger partial charge in [0.1, 0.15) is 0 Å². The summed E-state index contributed by atoms with van der Waals surface area (Å²) in [5, 5.41) is 8.36. The Labute approximate surface area is 77.6 Å². The van der Waals surface area contributed by atoms with Crippen molar-refractivity contribution in [2.24, 2.45) is 0 Å². The molecule has 0 amide bonds. The molecule has 0 fully saturated rings. The molecule has 1 N–H and O–H groups in total. The summed E-state index contributed by atoms with van der Waals surface area (Å²) in [4.78, 5) is 10.4. The molecule has 1 atom stereocenters. The fraction of sp³-hybridized carbons (Fsp3) is 0.875. The predicted octanol–water partition coefficient (Wildman–Crippen LogP) is -0.0790. The molecular formula is C8H16O5. The van der Waals surface area contributed by atoms with E-state index in [9.17, 15) is 4.79 Å². The van der Waals surface area contributed by atoms with E-state index in [0.29, 0.717) is 19.8 Å². The fourth-order valence-corrected chi connectivity index (χ4v) is 0.707. The average molecular weight is 192 g/mol. The summed E-state index contributed by atoms with van der Waals surface area (Å²) >= 11 is 0. The molecule has 5 heteroatoms. The van der Waals surface area contributed by atoms with Gasteiger partial charge in [-0.25, -0.2) is 0 Å². The first-order valence-electron chi connectivity index (χ1n) is 4.14. The highest BCUT2D eigenvalue weighted by Crippen LogP contribution is 1.93. The number of esters is 1. The van der Waals surface area contributed by atoms with Gasteiger partial charge in [0.2, 0.25) is 0 Å². The predicted molar refractivity (Wildman–Crippen MR) is 45.1 cm³/mol. The summed E-state index contributed by atoms with van der Waals surface area (Å²) in [5.41, 5.74) is 0. The fourth-order valence-electron chi connectivity index (χ4n) is 0.707. The van der Waals surface area contributed by atoms with E-state index in [0.717, 1.165) is 0 Å². The van der Waals surface area contributed by atoms with E-state index in [1.807, 2.05) is 0 Å². The summed E-state index contributed by atoms with van der Waals surface area (Å²) in [6.45, 7) is 3.97. The minimum absolute atomic E-state index is 0.000497. The molecular weight excluding hydrogens is 176 g/mol. The molecule has 0 aromatic carbocycles. The van der Waals surface area contributed by atoms with Gasteiger partial charge in [0.15, 0.2) is 6.29 Å². The Morgan fingerprint density at radius 1 is 1.38 bits per heavy atom. The average Bonchev–Trinajstić information content (AvgIpc) is 2.02. The van der Waals surface area contributed by atoms with Gasteiger partial charge < -0.3 is 19.3 Å². The van der Waals surface area contributed by atoms with Crippen LogP contribution in [-0.4, -0.2) is 43.8 Å². The van der Waals surface area contributed by atoms with E-state index in [1.54, 1.807) is 6.92 Å². The Morgan fingerprint density at radius 3 is 2.62 bits per heavy atom. The number of hydrogen-bond donors (Lipinski definition) is 1. The van der Waals surface area contributed by atoms with E-state index in [2.05, 4.69) is 0 Å². The molecule has 0 aromatic heterocycles. The van der Waals surface area contributed by atoms with Crippen molar-refractivity contribution < 1.29 is 24.1 Å². The van der Waals surface area contributed by atoms with Gasteiger partial charge in [-0.15, -0.1) is 0 Å². The molecule has 0 rings (SSSR count). The second-order valence-corrected chi connectivity index (χ2v) is 2.38. The summed E-state index contributed by atoms with van der Waals surface area (Å²) < 4.78 is 14.7. The number of aliphatic hydroxyl groups excluding tert-OH is 1. The molecule has 0 bridgehead atoms. The van der Waals surface area contributed by atoms with Crippen LogP contribution in [0.2, 0.25) is 0 Å². The maximum absolute atomic E-state index is 10.4. The lowest BCUT2D eigenvalue weighted by Gasteiger charge is -2.12. The lowest BCUT2D eigenvalue weighted by molar-refractivity contribution is -0.174. The molecule has 0 saturated heterocycles. The maximum atomic E-state index is 10.4. The minimum Gasteiger partial charge on any atom is -0.436 e. The molecule has 0 heterocycles. The number of rotatable bonds is 7. The maximum Gasteiger partial charge on any atom is 0.304 e. The molecule has 78 valence electrons. The quantitative estimate of drug-likeness (QED) is 0.347. The highest BCUT2D eigenvalue weighted by molar-refractivity contribution is 5.65. The highest BCUT2D eigenvalue weighted by atomic mass is 16.7. The monoisotopic (exact) mass is 192 g/mol. The second-order valence-electron chi connectivity index (χ2n) is 2.38. The second kappa shape index (κ2) is 7.97. The van der Waals surface area contributed by atoms with Crippen molar-refractivity contribution in [1.82, 2.24) is 0 Å². The zero-order chi connectivity index (χ0) is 10.1. The topological polar surface area (TPSA) is 65.0 Å².